The molecule has 0 bridgehead atoms. The van der Waals surface area contributed by atoms with Gasteiger partial charge in [0.2, 0.25) is 0 Å². The molecule has 0 aromatic heterocycles. The number of hydrogen-bond acceptors (Lipinski definition) is 4. The first-order valence-corrected chi connectivity index (χ1v) is 5.87. The highest BCUT2D eigenvalue weighted by molar-refractivity contribution is 5.77. The van der Waals surface area contributed by atoms with Gasteiger partial charge in [0.25, 0.3) is 12.3 Å². The van der Waals surface area contributed by atoms with Crippen molar-refractivity contribution in [2.45, 2.75) is 6.43 Å². The predicted molar refractivity (Wildman–Crippen MR) is 66.3 cm³/mol. The molecule has 0 spiro atoms. The molecule has 0 aliphatic carbocycles. The van der Waals surface area contributed by atoms with Gasteiger partial charge in [-0.1, -0.05) is 12.1 Å². The molecule has 0 saturated heterocycles. The Bertz CT molecular complexity index is 489. The number of amides is 1. The lowest BCUT2D eigenvalue weighted by atomic mass is 10.2. The maximum Gasteiger partial charge on any atom is 0.260 e. The van der Waals surface area contributed by atoms with Gasteiger partial charge >= 0.3 is 0 Å². The Morgan fingerprint density at radius 3 is 2.75 bits per heavy atom. The molecule has 0 aliphatic heterocycles. The summed E-state index contributed by atoms with van der Waals surface area (Å²) >= 11 is 0. The normalized spacial score (nSPS) is 10.2. The highest BCUT2D eigenvalue weighted by atomic mass is 19.3. The number of para-hydroxylation sites is 1. The zero-order chi connectivity index (χ0) is 15.0. The van der Waals surface area contributed by atoms with Crippen LogP contribution in [0, 0.1) is 11.3 Å². The van der Waals surface area contributed by atoms with Gasteiger partial charge in [0, 0.05) is 6.54 Å². The van der Waals surface area contributed by atoms with Crippen LogP contribution in [-0.4, -0.2) is 48.6 Å². The Morgan fingerprint density at radius 1 is 1.45 bits per heavy atom. The summed E-state index contributed by atoms with van der Waals surface area (Å²) in [7, 11) is 0. The van der Waals surface area contributed by atoms with Crippen LogP contribution in [0.3, 0.4) is 0 Å². The Kier molecular flexibility index (Phi) is 6.40. The summed E-state index contributed by atoms with van der Waals surface area (Å²) in [6.07, 6.45) is -2.68. The fourth-order valence-corrected chi connectivity index (χ4v) is 1.52. The van der Waals surface area contributed by atoms with E-state index in [9.17, 15) is 13.6 Å². The average Bonchev–Trinajstić information content (AvgIpc) is 2.44. The third-order valence-electron chi connectivity index (χ3n) is 2.44. The Morgan fingerprint density at radius 2 is 2.15 bits per heavy atom. The summed E-state index contributed by atoms with van der Waals surface area (Å²) in [6.45, 7) is -1.83. The van der Waals surface area contributed by atoms with Crippen molar-refractivity contribution in [3.8, 4) is 11.8 Å². The van der Waals surface area contributed by atoms with Crippen molar-refractivity contribution in [1.29, 1.82) is 5.26 Å². The van der Waals surface area contributed by atoms with Crippen molar-refractivity contribution in [3.63, 3.8) is 0 Å². The molecule has 0 radical (unpaired) electrons. The summed E-state index contributed by atoms with van der Waals surface area (Å²) in [5.74, 6) is -0.462. The molecule has 0 heterocycles. The summed E-state index contributed by atoms with van der Waals surface area (Å²) in [4.78, 5) is 12.5. The van der Waals surface area contributed by atoms with Crippen molar-refractivity contribution >= 4 is 5.91 Å². The third-order valence-corrected chi connectivity index (χ3v) is 2.44. The van der Waals surface area contributed by atoms with Crippen molar-refractivity contribution in [2.75, 3.05) is 26.3 Å². The Labute approximate surface area is 115 Å². The second-order valence-corrected chi connectivity index (χ2v) is 3.85. The van der Waals surface area contributed by atoms with Gasteiger partial charge in [0.1, 0.15) is 11.8 Å². The predicted octanol–water partition coefficient (Wildman–Crippen LogP) is 1.02. The van der Waals surface area contributed by atoms with Crippen molar-refractivity contribution < 1.29 is 23.4 Å². The van der Waals surface area contributed by atoms with E-state index in [4.69, 9.17) is 15.1 Å². The third kappa shape index (κ3) is 4.82. The number of rotatable bonds is 7. The molecule has 7 heteroatoms. The van der Waals surface area contributed by atoms with Gasteiger partial charge in [-0.25, -0.2) is 8.78 Å². The number of nitrogens with zero attached hydrogens (tertiary/aromatic N) is 2. The molecule has 0 atom stereocenters. The fourth-order valence-electron chi connectivity index (χ4n) is 1.52. The Hall–Kier alpha value is -2.20. The number of hydrogen-bond donors (Lipinski definition) is 1. The zero-order valence-corrected chi connectivity index (χ0v) is 10.6. The number of aliphatic hydroxyl groups excluding tert-OH is 1. The SMILES string of the molecule is N#Cc1ccccc1OCC(=O)N(CCO)CC(F)F. The van der Waals surface area contributed by atoms with Crippen LogP contribution in [0.25, 0.3) is 0 Å². The van der Waals surface area contributed by atoms with E-state index in [1.54, 1.807) is 12.1 Å². The lowest BCUT2D eigenvalue weighted by Crippen LogP contribution is -2.40. The van der Waals surface area contributed by atoms with Gasteiger partial charge < -0.3 is 14.7 Å². The highest BCUT2D eigenvalue weighted by Crippen LogP contribution is 2.16. The van der Waals surface area contributed by atoms with Crippen LogP contribution < -0.4 is 4.74 Å². The summed E-state index contributed by atoms with van der Waals surface area (Å²) in [6, 6.07) is 8.19. The van der Waals surface area contributed by atoms with Crippen LogP contribution in [-0.2, 0) is 4.79 Å². The van der Waals surface area contributed by atoms with E-state index in [1.165, 1.54) is 12.1 Å². The first-order valence-electron chi connectivity index (χ1n) is 5.87. The molecule has 1 aromatic carbocycles. The molecule has 108 valence electrons. The summed E-state index contributed by atoms with van der Waals surface area (Å²) in [5.41, 5.74) is 0.253. The first-order chi connectivity index (χ1) is 9.58. The smallest absolute Gasteiger partial charge is 0.260 e. The maximum atomic E-state index is 12.3. The molecule has 1 N–H and O–H groups in total. The average molecular weight is 284 g/mol. The van der Waals surface area contributed by atoms with E-state index >= 15 is 0 Å². The van der Waals surface area contributed by atoms with Gasteiger partial charge in [-0.2, -0.15) is 5.26 Å². The summed E-state index contributed by atoms with van der Waals surface area (Å²) in [5, 5.41) is 17.6. The minimum Gasteiger partial charge on any atom is -0.482 e. The monoisotopic (exact) mass is 284 g/mol. The van der Waals surface area contributed by atoms with Crippen LogP contribution in [0.1, 0.15) is 5.56 Å². The van der Waals surface area contributed by atoms with Gasteiger partial charge in [-0.05, 0) is 12.1 Å². The molecule has 0 aliphatic rings. The quantitative estimate of drug-likeness (QED) is 0.811. The molecule has 0 unspecified atom stereocenters. The number of benzene rings is 1. The highest BCUT2D eigenvalue weighted by Gasteiger charge is 2.18. The largest absolute Gasteiger partial charge is 0.482 e. The second kappa shape index (κ2) is 8.07. The summed E-state index contributed by atoms with van der Waals surface area (Å²) < 4.78 is 29.7. The standard InChI is InChI=1S/C13H14F2N2O3/c14-12(15)8-17(5-6-18)13(19)9-20-11-4-2-1-3-10(11)7-16/h1-4,12,18H,5-6,8-9H2. The molecule has 5 nitrogen and oxygen atoms in total. The number of carbonyl (C=O) groups excluding carboxylic acids is 1. The Balaban J connectivity index is 2.62. The van der Waals surface area contributed by atoms with E-state index in [-0.39, 0.29) is 17.9 Å². The zero-order valence-electron chi connectivity index (χ0n) is 10.6. The van der Waals surface area contributed by atoms with Crippen molar-refractivity contribution in [3.05, 3.63) is 29.8 Å². The number of aliphatic hydroxyl groups is 1. The van der Waals surface area contributed by atoms with Crippen LogP contribution in [0.2, 0.25) is 0 Å². The topological polar surface area (TPSA) is 73.6 Å². The lowest BCUT2D eigenvalue weighted by Gasteiger charge is -2.21. The lowest BCUT2D eigenvalue weighted by molar-refractivity contribution is -0.135. The minimum atomic E-state index is -2.68. The number of alkyl halides is 2. The van der Waals surface area contributed by atoms with E-state index < -0.39 is 32.1 Å². The molecule has 1 rings (SSSR count). The first kappa shape index (κ1) is 15.9. The molecular weight excluding hydrogens is 270 g/mol. The molecule has 1 aromatic rings. The minimum absolute atomic E-state index is 0.188. The van der Waals surface area contributed by atoms with E-state index in [2.05, 4.69) is 0 Å². The van der Waals surface area contributed by atoms with Crippen LogP contribution in [0.15, 0.2) is 24.3 Å². The number of nitriles is 1. The molecule has 0 saturated carbocycles. The second-order valence-electron chi connectivity index (χ2n) is 3.85. The molecule has 0 fully saturated rings. The van der Waals surface area contributed by atoms with Gasteiger partial charge in [0.05, 0.1) is 18.7 Å². The van der Waals surface area contributed by atoms with Crippen molar-refractivity contribution in [2.24, 2.45) is 0 Å². The van der Waals surface area contributed by atoms with E-state index in [1.807, 2.05) is 6.07 Å². The van der Waals surface area contributed by atoms with Crippen LogP contribution in [0.5, 0.6) is 5.75 Å². The van der Waals surface area contributed by atoms with E-state index in [0.717, 1.165) is 4.90 Å². The maximum absolute atomic E-state index is 12.3. The molecule has 1 amide bonds. The molecule has 20 heavy (non-hydrogen) atoms. The van der Waals surface area contributed by atoms with E-state index in [0.29, 0.717) is 0 Å². The van der Waals surface area contributed by atoms with Crippen LogP contribution in [0.4, 0.5) is 8.78 Å². The van der Waals surface area contributed by atoms with Gasteiger partial charge in [-0.3, -0.25) is 4.79 Å². The van der Waals surface area contributed by atoms with Crippen LogP contribution >= 0.6 is 0 Å². The number of ether oxygens (including phenoxy) is 1. The van der Waals surface area contributed by atoms with Gasteiger partial charge in [-0.15, -0.1) is 0 Å². The fraction of sp³-hybridized carbons (Fsp3) is 0.385. The van der Waals surface area contributed by atoms with Gasteiger partial charge in [0.15, 0.2) is 6.61 Å². The van der Waals surface area contributed by atoms with Crippen molar-refractivity contribution in [1.82, 2.24) is 4.90 Å². The number of halogens is 2. The number of carbonyl (C=O) groups is 1. The molecular formula is C13H14F2N2O3.